The van der Waals surface area contributed by atoms with Crippen molar-refractivity contribution in [1.29, 1.82) is 0 Å². The zero-order chi connectivity index (χ0) is 16.4. The molecule has 0 spiro atoms. The molecule has 1 aromatic carbocycles. The zero-order valence-corrected chi connectivity index (χ0v) is 14.2. The van der Waals surface area contributed by atoms with Gasteiger partial charge >= 0.3 is 0 Å². The predicted molar refractivity (Wildman–Crippen MR) is 88.8 cm³/mol. The standard InChI is InChI=1S/C15H16ClFN4OS/c1-2-12-18-15(23-19-12)21-8-6-20(7-9-21)14(22)13-10(16)4-3-5-11(13)17/h3-5H,2,6-9H2,1H3. The maximum Gasteiger partial charge on any atom is 0.258 e. The number of carbonyl (C=O) groups excluding carboxylic acids is 1. The highest BCUT2D eigenvalue weighted by Gasteiger charge is 2.27. The summed E-state index contributed by atoms with van der Waals surface area (Å²) in [6.07, 6.45) is 0.806. The van der Waals surface area contributed by atoms with Gasteiger partial charge in [0.05, 0.1) is 10.6 Å². The van der Waals surface area contributed by atoms with Gasteiger partial charge in [0.2, 0.25) is 5.13 Å². The number of halogens is 2. The molecule has 0 saturated carbocycles. The van der Waals surface area contributed by atoms with E-state index < -0.39 is 5.82 Å². The topological polar surface area (TPSA) is 49.3 Å². The van der Waals surface area contributed by atoms with E-state index in [2.05, 4.69) is 14.3 Å². The fourth-order valence-electron chi connectivity index (χ4n) is 2.48. The molecule has 0 aliphatic carbocycles. The largest absolute Gasteiger partial charge is 0.343 e. The SMILES string of the molecule is CCc1nsc(N2CCN(C(=O)c3c(F)cccc3Cl)CC2)n1. The minimum atomic E-state index is -0.582. The van der Waals surface area contributed by atoms with Crippen LogP contribution in [0.5, 0.6) is 0 Å². The summed E-state index contributed by atoms with van der Waals surface area (Å²) >= 11 is 7.34. The quantitative estimate of drug-likeness (QED) is 0.850. The van der Waals surface area contributed by atoms with Gasteiger partial charge in [-0.1, -0.05) is 24.6 Å². The second-order valence-corrected chi connectivity index (χ2v) is 6.36. The first-order valence-corrected chi connectivity index (χ1v) is 8.56. The van der Waals surface area contributed by atoms with E-state index in [-0.39, 0.29) is 16.5 Å². The van der Waals surface area contributed by atoms with Crippen molar-refractivity contribution in [3.63, 3.8) is 0 Å². The number of hydrogen-bond donors (Lipinski definition) is 0. The van der Waals surface area contributed by atoms with Crippen LogP contribution in [0.3, 0.4) is 0 Å². The van der Waals surface area contributed by atoms with E-state index in [1.165, 1.54) is 29.7 Å². The Kier molecular flexibility index (Phi) is 4.77. The van der Waals surface area contributed by atoms with Crippen molar-refractivity contribution in [2.24, 2.45) is 0 Å². The molecule has 122 valence electrons. The molecule has 1 aromatic heterocycles. The molecule has 1 saturated heterocycles. The molecule has 1 aliphatic rings. The molecule has 8 heteroatoms. The minimum Gasteiger partial charge on any atom is -0.343 e. The van der Waals surface area contributed by atoms with Crippen molar-refractivity contribution >= 4 is 34.2 Å². The van der Waals surface area contributed by atoms with Gasteiger partial charge in [0.15, 0.2) is 0 Å². The molecule has 0 atom stereocenters. The van der Waals surface area contributed by atoms with Crippen LogP contribution in [0.4, 0.5) is 9.52 Å². The van der Waals surface area contributed by atoms with Crippen LogP contribution in [0.2, 0.25) is 5.02 Å². The molecule has 23 heavy (non-hydrogen) atoms. The van der Waals surface area contributed by atoms with Gasteiger partial charge in [0.25, 0.3) is 5.91 Å². The molecule has 1 fully saturated rings. The number of hydrogen-bond acceptors (Lipinski definition) is 5. The number of benzene rings is 1. The van der Waals surface area contributed by atoms with Crippen LogP contribution in [0.15, 0.2) is 18.2 Å². The van der Waals surface area contributed by atoms with Gasteiger partial charge in [0.1, 0.15) is 11.6 Å². The third kappa shape index (κ3) is 3.30. The smallest absolute Gasteiger partial charge is 0.258 e. The molecule has 0 radical (unpaired) electrons. The molecule has 0 bridgehead atoms. The van der Waals surface area contributed by atoms with Crippen LogP contribution in [-0.2, 0) is 6.42 Å². The highest BCUT2D eigenvalue weighted by atomic mass is 35.5. The lowest BCUT2D eigenvalue weighted by molar-refractivity contribution is 0.0742. The second-order valence-electron chi connectivity index (χ2n) is 5.22. The van der Waals surface area contributed by atoms with Crippen molar-refractivity contribution in [2.75, 3.05) is 31.1 Å². The summed E-state index contributed by atoms with van der Waals surface area (Å²) in [5.74, 6) is -0.109. The normalized spacial score (nSPS) is 15.1. The Morgan fingerprint density at radius 1 is 1.35 bits per heavy atom. The number of aryl methyl sites for hydroxylation is 1. The monoisotopic (exact) mass is 354 g/mol. The first-order valence-electron chi connectivity index (χ1n) is 7.41. The second kappa shape index (κ2) is 6.80. The van der Waals surface area contributed by atoms with Gasteiger partial charge < -0.3 is 9.80 Å². The first-order chi connectivity index (χ1) is 11.1. The summed E-state index contributed by atoms with van der Waals surface area (Å²) in [6.45, 7) is 4.32. The van der Waals surface area contributed by atoms with Crippen molar-refractivity contribution < 1.29 is 9.18 Å². The Balaban J connectivity index is 1.68. The van der Waals surface area contributed by atoms with Crippen LogP contribution in [-0.4, -0.2) is 46.3 Å². The molecule has 1 aliphatic heterocycles. The average Bonchev–Trinajstić information content (AvgIpc) is 3.04. The Morgan fingerprint density at radius 2 is 2.09 bits per heavy atom. The lowest BCUT2D eigenvalue weighted by Crippen LogP contribution is -2.49. The first kappa shape index (κ1) is 16.1. The van der Waals surface area contributed by atoms with E-state index in [9.17, 15) is 9.18 Å². The third-order valence-corrected chi connectivity index (χ3v) is 4.92. The Bertz CT molecular complexity index is 695. The minimum absolute atomic E-state index is 0.0493. The highest BCUT2D eigenvalue weighted by molar-refractivity contribution is 7.09. The summed E-state index contributed by atoms with van der Waals surface area (Å²) in [5, 5.41) is 1.02. The summed E-state index contributed by atoms with van der Waals surface area (Å²) < 4.78 is 18.2. The number of amides is 1. The fraction of sp³-hybridized carbons (Fsp3) is 0.400. The molecular formula is C15H16ClFN4OS. The molecule has 3 rings (SSSR count). The molecule has 0 unspecified atom stereocenters. The summed E-state index contributed by atoms with van der Waals surface area (Å²) in [7, 11) is 0. The van der Waals surface area contributed by atoms with Gasteiger partial charge in [-0.15, -0.1) is 0 Å². The van der Waals surface area contributed by atoms with E-state index >= 15 is 0 Å². The van der Waals surface area contributed by atoms with Crippen molar-refractivity contribution in [3.8, 4) is 0 Å². The molecule has 5 nitrogen and oxygen atoms in total. The van der Waals surface area contributed by atoms with E-state index in [1.807, 2.05) is 6.92 Å². The Labute approximate surface area is 142 Å². The van der Waals surface area contributed by atoms with Gasteiger partial charge in [-0.2, -0.15) is 4.37 Å². The summed E-state index contributed by atoms with van der Waals surface area (Å²) in [5.41, 5.74) is -0.0493. The van der Waals surface area contributed by atoms with Crippen LogP contribution in [0, 0.1) is 5.82 Å². The molecular weight excluding hydrogens is 339 g/mol. The molecule has 2 aromatic rings. The maximum atomic E-state index is 13.9. The maximum absolute atomic E-state index is 13.9. The fourth-order valence-corrected chi connectivity index (χ4v) is 3.52. The van der Waals surface area contributed by atoms with Gasteiger partial charge in [-0.3, -0.25) is 4.79 Å². The molecule has 1 amide bonds. The van der Waals surface area contributed by atoms with Crippen LogP contribution in [0.1, 0.15) is 23.1 Å². The van der Waals surface area contributed by atoms with Crippen LogP contribution in [0.25, 0.3) is 0 Å². The number of aromatic nitrogens is 2. The number of carbonyl (C=O) groups is 1. The lowest BCUT2D eigenvalue weighted by atomic mass is 10.1. The number of nitrogens with zero attached hydrogens (tertiary/aromatic N) is 4. The van der Waals surface area contributed by atoms with E-state index in [0.717, 1.165) is 17.4 Å². The highest BCUT2D eigenvalue weighted by Crippen LogP contribution is 2.23. The van der Waals surface area contributed by atoms with Crippen molar-refractivity contribution in [2.45, 2.75) is 13.3 Å². The van der Waals surface area contributed by atoms with Gasteiger partial charge in [-0.05, 0) is 12.1 Å². The number of anilines is 1. The summed E-state index contributed by atoms with van der Waals surface area (Å²) in [6, 6.07) is 4.28. The number of rotatable bonds is 3. The van der Waals surface area contributed by atoms with E-state index in [4.69, 9.17) is 11.6 Å². The predicted octanol–water partition coefficient (Wildman–Crippen LogP) is 2.86. The van der Waals surface area contributed by atoms with Crippen molar-refractivity contribution in [1.82, 2.24) is 14.3 Å². The van der Waals surface area contributed by atoms with Gasteiger partial charge in [0, 0.05) is 44.1 Å². The number of piperazine rings is 1. The van der Waals surface area contributed by atoms with Gasteiger partial charge in [-0.25, -0.2) is 9.37 Å². The summed E-state index contributed by atoms with van der Waals surface area (Å²) in [4.78, 5) is 20.7. The van der Waals surface area contributed by atoms with Crippen LogP contribution >= 0.6 is 23.1 Å². The van der Waals surface area contributed by atoms with Crippen LogP contribution < -0.4 is 4.90 Å². The lowest BCUT2D eigenvalue weighted by Gasteiger charge is -2.34. The Morgan fingerprint density at radius 3 is 2.70 bits per heavy atom. The Hall–Kier alpha value is -1.73. The van der Waals surface area contributed by atoms with E-state index in [1.54, 1.807) is 4.90 Å². The molecule has 2 heterocycles. The van der Waals surface area contributed by atoms with Crippen molar-refractivity contribution in [3.05, 3.63) is 40.4 Å². The van der Waals surface area contributed by atoms with E-state index in [0.29, 0.717) is 26.2 Å². The molecule has 0 N–H and O–H groups in total. The third-order valence-electron chi connectivity index (χ3n) is 3.79. The average molecular weight is 355 g/mol. The zero-order valence-electron chi connectivity index (χ0n) is 12.6.